The highest BCUT2D eigenvalue weighted by Gasteiger charge is 2.20. The number of fused-ring (bicyclic) bond motifs is 1. The van der Waals surface area contributed by atoms with Gasteiger partial charge >= 0.3 is 0 Å². The first-order valence-electron chi connectivity index (χ1n) is 7.14. The third kappa shape index (κ3) is 2.78. The van der Waals surface area contributed by atoms with E-state index >= 15 is 0 Å². The van der Waals surface area contributed by atoms with E-state index in [0.717, 1.165) is 24.6 Å². The number of likely N-dealkylation sites (tertiary alicyclic amines) is 1. The van der Waals surface area contributed by atoms with Crippen molar-refractivity contribution in [1.82, 2.24) is 24.7 Å². The summed E-state index contributed by atoms with van der Waals surface area (Å²) in [6.07, 6.45) is 3.91. The normalized spacial score (nSPS) is 20.4. The average Bonchev–Trinajstić information content (AvgIpc) is 2.86. The summed E-state index contributed by atoms with van der Waals surface area (Å²) < 4.78 is 2.32. The number of aromatic nitrogens is 4. The lowest BCUT2D eigenvalue weighted by atomic mass is 10.0. The minimum Gasteiger partial charge on any atom is -0.367 e. The zero-order chi connectivity index (χ0) is 13.9. The molecule has 0 aliphatic carbocycles. The van der Waals surface area contributed by atoms with Crippen LogP contribution in [0.3, 0.4) is 0 Å². The molecular weight excluding hydrogens is 320 g/mol. The van der Waals surface area contributed by atoms with Gasteiger partial charge in [-0.2, -0.15) is 4.52 Å². The van der Waals surface area contributed by atoms with Crippen LogP contribution in [0.5, 0.6) is 0 Å². The van der Waals surface area contributed by atoms with Gasteiger partial charge < -0.3 is 5.32 Å². The van der Waals surface area contributed by atoms with Crippen molar-refractivity contribution in [2.45, 2.75) is 32.2 Å². The molecule has 1 unspecified atom stereocenters. The lowest BCUT2D eigenvalue weighted by Crippen LogP contribution is -2.43. The highest BCUT2D eigenvalue weighted by atomic mass is 79.9. The Kier molecular flexibility index (Phi) is 4.16. The van der Waals surface area contributed by atoms with E-state index in [-0.39, 0.29) is 0 Å². The number of halogens is 1. The molecule has 108 valence electrons. The van der Waals surface area contributed by atoms with Gasteiger partial charge in [-0.05, 0) is 54.0 Å². The van der Waals surface area contributed by atoms with E-state index in [1.165, 1.54) is 25.8 Å². The smallest absolute Gasteiger partial charge is 0.221 e. The number of hydrogen-bond donors (Lipinski definition) is 1. The monoisotopic (exact) mass is 338 g/mol. The molecule has 0 radical (unpaired) electrons. The summed E-state index contributed by atoms with van der Waals surface area (Å²) in [6, 6.07) is 4.48. The summed E-state index contributed by atoms with van der Waals surface area (Å²) in [5.41, 5.74) is 0.746. The number of rotatable bonds is 4. The minimum atomic E-state index is 0.607. The molecule has 2 aromatic rings. The fourth-order valence-electron chi connectivity index (χ4n) is 2.79. The Balaban J connectivity index is 1.68. The predicted octanol–water partition coefficient (Wildman–Crippen LogP) is 2.17. The van der Waals surface area contributed by atoms with Gasteiger partial charge in [-0.1, -0.05) is 13.3 Å². The molecule has 0 saturated carbocycles. The van der Waals surface area contributed by atoms with Crippen LogP contribution >= 0.6 is 15.9 Å². The minimum absolute atomic E-state index is 0.607. The average molecular weight is 339 g/mol. The molecule has 1 saturated heterocycles. The molecule has 1 aliphatic rings. The number of nitrogens with one attached hydrogen (secondary N) is 1. The van der Waals surface area contributed by atoms with Crippen molar-refractivity contribution in [3.05, 3.63) is 16.9 Å². The SMILES string of the molecule is CCN1CCCCC1CNc1ccc2nnc(Br)n2n1. The Morgan fingerprint density at radius 3 is 3.10 bits per heavy atom. The fourth-order valence-corrected chi connectivity index (χ4v) is 3.13. The number of piperidine rings is 1. The Morgan fingerprint density at radius 1 is 1.35 bits per heavy atom. The summed E-state index contributed by atoms with van der Waals surface area (Å²) in [5, 5.41) is 15.9. The molecule has 0 spiro atoms. The quantitative estimate of drug-likeness (QED) is 0.925. The van der Waals surface area contributed by atoms with Gasteiger partial charge in [-0.15, -0.1) is 15.3 Å². The molecule has 20 heavy (non-hydrogen) atoms. The van der Waals surface area contributed by atoms with Crippen LogP contribution in [0.25, 0.3) is 5.65 Å². The van der Waals surface area contributed by atoms with Crippen LogP contribution in [0, 0.1) is 0 Å². The first-order valence-corrected chi connectivity index (χ1v) is 7.93. The van der Waals surface area contributed by atoms with E-state index in [0.29, 0.717) is 10.8 Å². The van der Waals surface area contributed by atoms with Crippen LogP contribution < -0.4 is 5.32 Å². The fraction of sp³-hybridized carbons (Fsp3) is 0.615. The lowest BCUT2D eigenvalue weighted by molar-refractivity contribution is 0.164. The first kappa shape index (κ1) is 13.8. The molecule has 6 nitrogen and oxygen atoms in total. The van der Waals surface area contributed by atoms with Crippen molar-refractivity contribution in [2.75, 3.05) is 25.0 Å². The maximum absolute atomic E-state index is 4.49. The van der Waals surface area contributed by atoms with E-state index in [9.17, 15) is 0 Å². The van der Waals surface area contributed by atoms with Crippen molar-refractivity contribution >= 4 is 27.4 Å². The highest BCUT2D eigenvalue weighted by molar-refractivity contribution is 9.10. The third-order valence-corrected chi connectivity index (χ3v) is 4.39. The summed E-state index contributed by atoms with van der Waals surface area (Å²) in [5.74, 6) is 0.861. The van der Waals surface area contributed by atoms with Crippen LogP contribution in [0.4, 0.5) is 5.82 Å². The molecule has 0 bridgehead atoms. The van der Waals surface area contributed by atoms with E-state index in [2.05, 4.69) is 48.4 Å². The summed E-state index contributed by atoms with van der Waals surface area (Å²) in [7, 11) is 0. The standard InChI is InChI=1S/C13H19BrN6/c1-2-19-8-4-3-5-10(19)9-15-11-6-7-12-16-17-13(14)20(12)18-11/h6-7,10H,2-5,8-9H2,1H3,(H,15,18). The molecule has 3 rings (SSSR count). The topological polar surface area (TPSA) is 58.3 Å². The second-order valence-electron chi connectivity index (χ2n) is 5.12. The van der Waals surface area contributed by atoms with Crippen molar-refractivity contribution in [1.29, 1.82) is 0 Å². The predicted molar refractivity (Wildman–Crippen MR) is 81.9 cm³/mol. The van der Waals surface area contributed by atoms with Crippen LogP contribution in [0.15, 0.2) is 16.9 Å². The number of nitrogens with zero attached hydrogens (tertiary/aromatic N) is 5. The van der Waals surface area contributed by atoms with Crippen molar-refractivity contribution in [3.8, 4) is 0 Å². The van der Waals surface area contributed by atoms with Crippen LogP contribution in [-0.4, -0.2) is 50.4 Å². The van der Waals surface area contributed by atoms with E-state index in [1.807, 2.05) is 12.1 Å². The van der Waals surface area contributed by atoms with Gasteiger partial charge in [0.05, 0.1) is 0 Å². The van der Waals surface area contributed by atoms with Crippen molar-refractivity contribution in [3.63, 3.8) is 0 Å². The van der Waals surface area contributed by atoms with Crippen LogP contribution in [0.1, 0.15) is 26.2 Å². The zero-order valence-electron chi connectivity index (χ0n) is 11.6. The van der Waals surface area contributed by atoms with E-state index < -0.39 is 0 Å². The molecule has 1 fully saturated rings. The third-order valence-electron chi connectivity index (χ3n) is 3.90. The number of hydrogen-bond acceptors (Lipinski definition) is 5. The van der Waals surface area contributed by atoms with Crippen LogP contribution in [0.2, 0.25) is 0 Å². The molecule has 1 atom stereocenters. The van der Waals surface area contributed by atoms with Gasteiger partial charge in [0.2, 0.25) is 4.73 Å². The molecule has 3 heterocycles. The van der Waals surface area contributed by atoms with Gasteiger partial charge in [0.15, 0.2) is 5.65 Å². The van der Waals surface area contributed by atoms with Gasteiger partial charge in [0.25, 0.3) is 0 Å². The maximum atomic E-state index is 4.49. The van der Waals surface area contributed by atoms with Crippen molar-refractivity contribution < 1.29 is 0 Å². The van der Waals surface area contributed by atoms with Gasteiger partial charge in [0.1, 0.15) is 5.82 Å². The second-order valence-corrected chi connectivity index (χ2v) is 5.83. The van der Waals surface area contributed by atoms with Gasteiger partial charge in [0, 0.05) is 12.6 Å². The number of anilines is 1. The Hall–Kier alpha value is -1.21. The highest BCUT2D eigenvalue weighted by Crippen LogP contribution is 2.17. The van der Waals surface area contributed by atoms with E-state index in [1.54, 1.807) is 4.52 Å². The van der Waals surface area contributed by atoms with Crippen molar-refractivity contribution in [2.24, 2.45) is 0 Å². The Labute approximate surface area is 126 Å². The zero-order valence-corrected chi connectivity index (χ0v) is 13.2. The molecule has 1 aliphatic heterocycles. The van der Waals surface area contributed by atoms with E-state index in [4.69, 9.17) is 0 Å². The molecular formula is C13H19BrN6. The lowest BCUT2D eigenvalue weighted by Gasteiger charge is -2.35. The second kappa shape index (κ2) is 6.05. The van der Waals surface area contributed by atoms with Crippen LogP contribution in [-0.2, 0) is 0 Å². The Bertz CT molecular complexity index is 583. The Morgan fingerprint density at radius 2 is 2.25 bits per heavy atom. The largest absolute Gasteiger partial charge is 0.367 e. The molecule has 2 aromatic heterocycles. The maximum Gasteiger partial charge on any atom is 0.221 e. The van der Waals surface area contributed by atoms with Gasteiger partial charge in [-0.25, -0.2) is 0 Å². The molecule has 7 heteroatoms. The molecule has 0 aromatic carbocycles. The molecule has 0 amide bonds. The summed E-state index contributed by atoms with van der Waals surface area (Å²) >= 11 is 3.34. The van der Waals surface area contributed by atoms with Gasteiger partial charge in [-0.3, -0.25) is 4.90 Å². The molecule has 1 N–H and O–H groups in total. The number of likely N-dealkylation sites (N-methyl/N-ethyl adjacent to an activating group) is 1. The summed E-state index contributed by atoms with van der Waals surface area (Å²) in [6.45, 7) is 5.51. The first-order chi connectivity index (χ1) is 9.78. The summed E-state index contributed by atoms with van der Waals surface area (Å²) in [4.78, 5) is 2.55.